The second kappa shape index (κ2) is 2.59. The van der Waals surface area contributed by atoms with Crippen molar-refractivity contribution < 1.29 is 9.59 Å². The van der Waals surface area contributed by atoms with Gasteiger partial charge >= 0.3 is 0 Å². The summed E-state index contributed by atoms with van der Waals surface area (Å²) in [6, 6.07) is 0. The van der Waals surface area contributed by atoms with Crippen molar-refractivity contribution >= 4 is 11.6 Å². The van der Waals surface area contributed by atoms with Crippen LogP contribution in [0.4, 0.5) is 0 Å². The van der Waals surface area contributed by atoms with Crippen molar-refractivity contribution in [2.45, 2.75) is 6.42 Å². The Labute approximate surface area is 70.4 Å². The van der Waals surface area contributed by atoms with E-state index >= 15 is 0 Å². The third-order valence-corrected chi connectivity index (χ3v) is 2.13. The highest BCUT2D eigenvalue weighted by Crippen LogP contribution is 2.17. The van der Waals surface area contributed by atoms with Crippen LogP contribution < -0.4 is 0 Å². The fourth-order valence-corrected chi connectivity index (χ4v) is 1.30. The highest BCUT2D eigenvalue weighted by Gasteiger charge is 2.23. The van der Waals surface area contributed by atoms with Gasteiger partial charge in [0.05, 0.1) is 5.70 Å². The van der Waals surface area contributed by atoms with E-state index in [0.717, 1.165) is 19.5 Å². The zero-order valence-corrected chi connectivity index (χ0v) is 6.62. The topological polar surface area (TPSA) is 37.4 Å². The molecular weight excluding hydrogens is 154 g/mol. The number of likely N-dealkylation sites (tertiary alicyclic amines) is 1. The molecule has 3 nitrogen and oxygen atoms in total. The van der Waals surface area contributed by atoms with Crippen molar-refractivity contribution in [3.8, 4) is 0 Å². The second-order valence-electron chi connectivity index (χ2n) is 2.97. The molecule has 12 heavy (non-hydrogen) atoms. The molecule has 2 aliphatic rings. The van der Waals surface area contributed by atoms with E-state index in [1.807, 2.05) is 4.90 Å². The lowest BCUT2D eigenvalue weighted by atomic mass is 10.1. The number of carbonyl (C=O) groups is 2. The van der Waals surface area contributed by atoms with Crippen molar-refractivity contribution in [3.63, 3.8) is 0 Å². The van der Waals surface area contributed by atoms with Crippen molar-refractivity contribution in [1.29, 1.82) is 0 Å². The van der Waals surface area contributed by atoms with Gasteiger partial charge in [0.2, 0.25) is 5.78 Å². The maximum absolute atomic E-state index is 11.2. The first-order chi connectivity index (χ1) is 5.77. The summed E-state index contributed by atoms with van der Waals surface area (Å²) in [5.74, 6) is -0.134. The number of hydrogen-bond donors (Lipinski definition) is 0. The summed E-state index contributed by atoms with van der Waals surface area (Å²) in [5.41, 5.74) is 0.564. The van der Waals surface area contributed by atoms with E-state index in [9.17, 15) is 9.59 Å². The van der Waals surface area contributed by atoms with Crippen molar-refractivity contribution in [2.75, 3.05) is 13.1 Å². The van der Waals surface area contributed by atoms with Crippen LogP contribution in [0.5, 0.6) is 0 Å². The summed E-state index contributed by atoms with van der Waals surface area (Å²) in [4.78, 5) is 24.1. The molecule has 1 aliphatic carbocycles. The standard InChI is InChI=1S/C9H9NO2/c11-7-2-3-9(12)8(6-7)10-4-1-5-10/h2-3,6H,1,4-5H2. The van der Waals surface area contributed by atoms with E-state index in [4.69, 9.17) is 0 Å². The molecule has 0 saturated carbocycles. The van der Waals surface area contributed by atoms with Crippen LogP contribution in [0, 0.1) is 0 Å². The Morgan fingerprint density at radius 3 is 2.50 bits per heavy atom. The summed E-state index contributed by atoms with van der Waals surface area (Å²) in [5, 5.41) is 0. The quantitative estimate of drug-likeness (QED) is 0.521. The molecule has 1 fully saturated rings. The first-order valence-corrected chi connectivity index (χ1v) is 4.00. The average molecular weight is 163 g/mol. The molecule has 0 spiro atoms. The molecule has 0 aromatic heterocycles. The first-order valence-electron chi connectivity index (χ1n) is 4.00. The highest BCUT2D eigenvalue weighted by molar-refractivity contribution is 6.16. The lowest BCUT2D eigenvalue weighted by molar-refractivity contribution is -0.116. The Hall–Kier alpha value is -1.38. The van der Waals surface area contributed by atoms with Crippen molar-refractivity contribution in [2.24, 2.45) is 0 Å². The van der Waals surface area contributed by atoms with Gasteiger partial charge in [-0.05, 0) is 18.6 Å². The molecule has 0 aromatic rings. The number of nitrogens with zero attached hydrogens (tertiary/aromatic N) is 1. The summed E-state index contributed by atoms with van der Waals surface area (Å²) in [6.07, 6.45) is 5.19. The summed E-state index contributed by atoms with van der Waals surface area (Å²) < 4.78 is 0. The van der Waals surface area contributed by atoms with Crippen molar-refractivity contribution in [1.82, 2.24) is 4.90 Å². The molecule has 0 atom stereocenters. The maximum atomic E-state index is 11.2. The molecule has 2 rings (SSSR count). The largest absolute Gasteiger partial charge is 0.368 e. The molecule has 1 aliphatic heterocycles. The second-order valence-corrected chi connectivity index (χ2v) is 2.97. The molecule has 3 heteroatoms. The van der Waals surface area contributed by atoms with Gasteiger partial charge in [-0.25, -0.2) is 0 Å². The Morgan fingerprint density at radius 2 is 1.92 bits per heavy atom. The number of rotatable bonds is 1. The van der Waals surface area contributed by atoms with E-state index < -0.39 is 0 Å². The van der Waals surface area contributed by atoms with E-state index in [-0.39, 0.29) is 11.6 Å². The number of ketones is 2. The van der Waals surface area contributed by atoms with Crippen LogP contribution >= 0.6 is 0 Å². The zero-order valence-electron chi connectivity index (χ0n) is 6.62. The van der Waals surface area contributed by atoms with Crippen LogP contribution in [0.3, 0.4) is 0 Å². The number of carbonyl (C=O) groups excluding carboxylic acids is 2. The molecular formula is C9H9NO2. The van der Waals surface area contributed by atoms with Gasteiger partial charge in [-0.1, -0.05) is 0 Å². The minimum Gasteiger partial charge on any atom is -0.368 e. The van der Waals surface area contributed by atoms with E-state index in [1.165, 1.54) is 18.2 Å². The van der Waals surface area contributed by atoms with Crippen LogP contribution in [0.1, 0.15) is 6.42 Å². The minimum absolute atomic E-state index is 0.0469. The lowest BCUT2D eigenvalue weighted by Gasteiger charge is -2.34. The molecule has 0 unspecified atom stereocenters. The van der Waals surface area contributed by atoms with Crippen LogP contribution in [0.2, 0.25) is 0 Å². The molecule has 0 bridgehead atoms. The smallest absolute Gasteiger partial charge is 0.202 e. The molecule has 0 aromatic carbocycles. The molecule has 0 radical (unpaired) electrons. The zero-order chi connectivity index (χ0) is 8.55. The van der Waals surface area contributed by atoms with Crippen LogP contribution in [0.15, 0.2) is 23.9 Å². The number of allylic oxidation sites excluding steroid dienone is 3. The Kier molecular flexibility index (Phi) is 1.57. The van der Waals surface area contributed by atoms with Gasteiger partial charge in [-0.15, -0.1) is 0 Å². The summed E-state index contributed by atoms with van der Waals surface area (Å²) in [7, 11) is 0. The maximum Gasteiger partial charge on any atom is 0.202 e. The molecule has 0 amide bonds. The highest BCUT2D eigenvalue weighted by atomic mass is 16.1. The first kappa shape index (κ1) is 7.28. The van der Waals surface area contributed by atoms with E-state index in [0.29, 0.717) is 5.70 Å². The SMILES string of the molecule is O=C1C=CC(=O)C(N2CCC2)=C1. The van der Waals surface area contributed by atoms with Gasteiger partial charge in [-0.2, -0.15) is 0 Å². The van der Waals surface area contributed by atoms with Gasteiger partial charge in [-0.3, -0.25) is 9.59 Å². The average Bonchev–Trinajstić information content (AvgIpc) is 1.93. The van der Waals surface area contributed by atoms with Gasteiger partial charge in [0.1, 0.15) is 0 Å². The molecule has 0 N–H and O–H groups in total. The van der Waals surface area contributed by atoms with Crippen LogP contribution in [-0.2, 0) is 9.59 Å². The van der Waals surface area contributed by atoms with Crippen molar-refractivity contribution in [3.05, 3.63) is 23.9 Å². The molecule has 1 saturated heterocycles. The van der Waals surface area contributed by atoms with E-state index in [2.05, 4.69) is 0 Å². The fourth-order valence-electron chi connectivity index (χ4n) is 1.30. The summed E-state index contributed by atoms with van der Waals surface area (Å²) >= 11 is 0. The Bertz CT molecular complexity index is 298. The van der Waals surface area contributed by atoms with E-state index in [1.54, 1.807) is 0 Å². The minimum atomic E-state index is -0.0866. The van der Waals surface area contributed by atoms with Gasteiger partial charge < -0.3 is 4.90 Å². The fraction of sp³-hybridized carbons (Fsp3) is 0.333. The Morgan fingerprint density at radius 1 is 1.17 bits per heavy atom. The third kappa shape index (κ3) is 1.07. The normalized spacial score (nSPS) is 22.3. The summed E-state index contributed by atoms with van der Waals surface area (Å²) in [6.45, 7) is 1.80. The molecule has 62 valence electrons. The predicted molar refractivity (Wildman–Crippen MR) is 43.4 cm³/mol. The van der Waals surface area contributed by atoms with Crippen LogP contribution in [-0.4, -0.2) is 29.6 Å². The van der Waals surface area contributed by atoms with Crippen LogP contribution in [0.25, 0.3) is 0 Å². The molecule has 1 heterocycles. The monoisotopic (exact) mass is 163 g/mol. The lowest BCUT2D eigenvalue weighted by Crippen LogP contribution is -2.39. The number of hydrogen-bond acceptors (Lipinski definition) is 3. The Balaban J connectivity index is 2.21. The predicted octanol–water partition coefficient (Wildman–Crippen LogP) is 0.284. The van der Waals surface area contributed by atoms with Gasteiger partial charge in [0.15, 0.2) is 5.78 Å². The van der Waals surface area contributed by atoms with Gasteiger partial charge in [0, 0.05) is 19.2 Å². The third-order valence-electron chi connectivity index (χ3n) is 2.13. The van der Waals surface area contributed by atoms with Gasteiger partial charge in [0.25, 0.3) is 0 Å².